The Morgan fingerprint density at radius 2 is 1.95 bits per heavy atom. The Kier molecular flexibility index (Phi) is 5.47. The lowest BCUT2D eigenvalue weighted by Gasteiger charge is -2.26. The number of carbonyl (C=O) groups excluding carboxylic acids is 1. The van der Waals surface area contributed by atoms with Crippen LogP contribution >= 0.6 is 11.8 Å². The van der Waals surface area contributed by atoms with Crippen molar-refractivity contribution < 1.29 is 19.4 Å². The van der Waals surface area contributed by atoms with Crippen LogP contribution < -0.4 is 5.32 Å². The van der Waals surface area contributed by atoms with E-state index in [-0.39, 0.29) is 5.91 Å². The van der Waals surface area contributed by atoms with Crippen LogP contribution in [0.15, 0.2) is 0 Å². The van der Waals surface area contributed by atoms with Crippen LogP contribution in [-0.4, -0.2) is 71.8 Å². The van der Waals surface area contributed by atoms with Crippen LogP contribution in [-0.2, 0) is 14.3 Å². The molecule has 0 aromatic carbocycles. The number of nitrogens with zero attached hydrogens (tertiary/aromatic N) is 1. The van der Waals surface area contributed by atoms with Crippen molar-refractivity contribution in [2.24, 2.45) is 0 Å². The molecule has 19 heavy (non-hydrogen) atoms. The SMILES string of the molecule is O=C(O)C1CCC(C(=O)NCCN2CCSCC2)O1. The molecule has 2 rings (SSSR count). The number of hydrogen-bond acceptors (Lipinski definition) is 5. The van der Waals surface area contributed by atoms with E-state index < -0.39 is 18.2 Å². The number of hydrogen-bond donors (Lipinski definition) is 2. The molecule has 0 spiro atoms. The first-order valence-electron chi connectivity index (χ1n) is 6.63. The van der Waals surface area contributed by atoms with Crippen molar-refractivity contribution in [1.82, 2.24) is 10.2 Å². The van der Waals surface area contributed by atoms with Gasteiger partial charge in [-0.1, -0.05) is 0 Å². The standard InChI is InChI=1S/C12H20N2O4S/c15-11(9-1-2-10(18-9)12(16)17)13-3-4-14-5-7-19-8-6-14/h9-10H,1-8H2,(H,13,15)(H,16,17). The maximum absolute atomic E-state index is 11.8. The first kappa shape index (κ1) is 14.6. The third-order valence-electron chi connectivity index (χ3n) is 3.42. The number of thioether (sulfide) groups is 1. The fourth-order valence-corrected chi connectivity index (χ4v) is 3.27. The van der Waals surface area contributed by atoms with E-state index in [2.05, 4.69) is 10.2 Å². The quantitative estimate of drug-likeness (QED) is 0.728. The summed E-state index contributed by atoms with van der Waals surface area (Å²) >= 11 is 1.96. The van der Waals surface area contributed by atoms with Crippen molar-refractivity contribution in [1.29, 1.82) is 0 Å². The van der Waals surface area contributed by atoms with Crippen molar-refractivity contribution in [3.05, 3.63) is 0 Å². The van der Waals surface area contributed by atoms with Gasteiger partial charge in [-0.05, 0) is 12.8 Å². The van der Waals surface area contributed by atoms with Gasteiger partial charge in [-0.15, -0.1) is 0 Å². The lowest BCUT2D eigenvalue weighted by atomic mass is 10.2. The molecule has 0 bridgehead atoms. The van der Waals surface area contributed by atoms with Gasteiger partial charge in [0.1, 0.15) is 6.10 Å². The molecular formula is C12H20N2O4S. The highest BCUT2D eigenvalue weighted by molar-refractivity contribution is 7.99. The van der Waals surface area contributed by atoms with E-state index in [0.29, 0.717) is 19.4 Å². The maximum Gasteiger partial charge on any atom is 0.332 e. The highest BCUT2D eigenvalue weighted by Gasteiger charge is 2.34. The average molecular weight is 288 g/mol. The Balaban J connectivity index is 1.63. The number of aliphatic carboxylic acids is 1. The predicted octanol–water partition coefficient (Wildman–Crippen LogP) is -0.216. The monoisotopic (exact) mass is 288 g/mol. The van der Waals surface area contributed by atoms with Crippen molar-refractivity contribution in [2.75, 3.05) is 37.7 Å². The molecule has 2 heterocycles. The zero-order valence-corrected chi connectivity index (χ0v) is 11.7. The van der Waals surface area contributed by atoms with Crippen LogP contribution in [0.1, 0.15) is 12.8 Å². The fraction of sp³-hybridized carbons (Fsp3) is 0.833. The van der Waals surface area contributed by atoms with E-state index in [1.165, 1.54) is 0 Å². The maximum atomic E-state index is 11.8. The summed E-state index contributed by atoms with van der Waals surface area (Å²) in [4.78, 5) is 24.9. The second-order valence-corrected chi connectivity index (χ2v) is 6.00. The third-order valence-corrected chi connectivity index (χ3v) is 4.36. The van der Waals surface area contributed by atoms with Gasteiger partial charge in [-0.25, -0.2) is 4.79 Å². The fourth-order valence-electron chi connectivity index (χ4n) is 2.29. The lowest BCUT2D eigenvalue weighted by Crippen LogP contribution is -2.42. The molecule has 0 aromatic heterocycles. The lowest BCUT2D eigenvalue weighted by molar-refractivity contribution is -0.151. The summed E-state index contributed by atoms with van der Waals surface area (Å²) in [6.07, 6.45) is -0.521. The normalized spacial score (nSPS) is 28.2. The zero-order valence-electron chi connectivity index (χ0n) is 10.8. The minimum absolute atomic E-state index is 0.185. The Morgan fingerprint density at radius 1 is 1.26 bits per heavy atom. The number of rotatable bonds is 5. The van der Waals surface area contributed by atoms with Crippen LogP contribution in [0.2, 0.25) is 0 Å². The molecule has 2 atom stereocenters. The summed E-state index contributed by atoms with van der Waals surface area (Å²) in [6, 6.07) is 0. The molecule has 2 saturated heterocycles. The largest absolute Gasteiger partial charge is 0.479 e. The summed E-state index contributed by atoms with van der Waals surface area (Å²) in [5.74, 6) is 1.14. The molecule has 108 valence electrons. The Labute approximate surface area is 116 Å². The van der Waals surface area contributed by atoms with Gasteiger partial charge in [-0.2, -0.15) is 11.8 Å². The van der Waals surface area contributed by atoms with Gasteiger partial charge in [0.2, 0.25) is 5.91 Å². The van der Waals surface area contributed by atoms with Gasteiger partial charge in [0, 0.05) is 37.7 Å². The average Bonchev–Trinajstić information content (AvgIpc) is 2.89. The number of ether oxygens (including phenoxy) is 1. The first-order valence-corrected chi connectivity index (χ1v) is 7.78. The van der Waals surface area contributed by atoms with Gasteiger partial charge in [0.25, 0.3) is 0 Å². The molecule has 0 saturated carbocycles. The van der Waals surface area contributed by atoms with E-state index in [1.807, 2.05) is 11.8 Å². The second-order valence-electron chi connectivity index (χ2n) is 4.77. The van der Waals surface area contributed by atoms with Crippen LogP contribution in [0.4, 0.5) is 0 Å². The van der Waals surface area contributed by atoms with Crippen molar-refractivity contribution in [2.45, 2.75) is 25.0 Å². The van der Waals surface area contributed by atoms with Crippen LogP contribution in [0, 0.1) is 0 Å². The molecule has 0 aliphatic carbocycles. The minimum atomic E-state index is -0.985. The van der Waals surface area contributed by atoms with Crippen molar-refractivity contribution >= 4 is 23.6 Å². The summed E-state index contributed by atoms with van der Waals surface area (Å²) < 4.78 is 5.20. The Morgan fingerprint density at radius 3 is 2.58 bits per heavy atom. The molecule has 2 N–H and O–H groups in total. The molecular weight excluding hydrogens is 268 g/mol. The van der Waals surface area contributed by atoms with Gasteiger partial charge < -0.3 is 15.2 Å². The Hall–Kier alpha value is -0.790. The van der Waals surface area contributed by atoms with E-state index in [0.717, 1.165) is 31.1 Å². The van der Waals surface area contributed by atoms with Crippen LogP contribution in [0.3, 0.4) is 0 Å². The highest BCUT2D eigenvalue weighted by Crippen LogP contribution is 2.19. The van der Waals surface area contributed by atoms with Crippen molar-refractivity contribution in [3.63, 3.8) is 0 Å². The molecule has 0 radical (unpaired) electrons. The molecule has 1 amide bonds. The topological polar surface area (TPSA) is 78.9 Å². The number of nitrogens with one attached hydrogen (secondary N) is 1. The van der Waals surface area contributed by atoms with Crippen molar-refractivity contribution in [3.8, 4) is 0 Å². The molecule has 0 aromatic rings. The number of carboxylic acid groups (broad SMARTS) is 1. The smallest absolute Gasteiger partial charge is 0.332 e. The van der Waals surface area contributed by atoms with Gasteiger partial charge in [0.15, 0.2) is 6.10 Å². The van der Waals surface area contributed by atoms with Gasteiger partial charge in [0.05, 0.1) is 0 Å². The van der Waals surface area contributed by atoms with Crippen LogP contribution in [0.25, 0.3) is 0 Å². The van der Waals surface area contributed by atoms with Crippen LogP contribution in [0.5, 0.6) is 0 Å². The molecule has 7 heteroatoms. The number of carboxylic acids is 1. The number of amides is 1. The summed E-state index contributed by atoms with van der Waals surface area (Å²) in [6.45, 7) is 3.59. The third kappa shape index (κ3) is 4.36. The minimum Gasteiger partial charge on any atom is -0.479 e. The first-order chi connectivity index (χ1) is 9.16. The number of carbonyl (C=O) groups is 2. The summed E-state index contributed by atoms with van der Waals surface area (Å²) in [7, 11) is 0. The summed E-state index contributed by atoms with van der Waals surface area (Å²) in [5, 5.41) is 11.6. The molecule has 2 aliphatic heterocycles. The molecule has 2 unspecified atom stereocenters. The van der Waals surface area contributed by atoms with E-state index in [4.69, 9.17) is 9.84 Å². The van der Waals surface area contributed by atoms with Gasteiger partial charge in [-0.3, -0.25) is 9.69 Å². The molecule has 6 nitrogen and oxygen atoms in total. The Bertz CT molecular complexity index is 334. The predicted molar refractivity (Wildman–Crippen MR) is 72.3 cm³/mol. The molecule has 2 aliphatic rings. The van der Waals surface area contributed by atoms with E-state index in [1.54, 1.807) is 0 Å². The molecule has 2 fully saturated rings. The van der Waals surface area contributed by atoms with E-state index in [9.17, 15) is 9.59 Å². The highest BCUT2D eigenvalue weighted by atomic mass is 32.2. The van der Waals surface area contributed by atoms with Gasteiger partial charge >= 0.3 is 5.97 Å². The zero-order chi connectivity index (χ0) is 13.7. The summed E-state index contributed by atoms with van der Waals surface area (Å²) in [5.41, 5.74) is 0. The van der Waals surface area contributed by atoms with E-state index >= 15 is 0 Å². The second kappa shape index (κ2) is 7.12.